The number of halogens is 1. The Morgan fingerprint density at radius 3 is 2.27 bits per heavy atom. The second kappa shape index (κ2) is 7.14. The first kappa shape index (κ1) is 15.3. The molecular formula is C18H22ClN2O+. The number of piperazine rings is 1. The molecule has 0 aliphatic carbocycles. The van der Waals surface area contributed by atoms with Crippen LogP contribution in [0.5, 0.6) is 0 Å². The number of quaternary nitrogens is 1. The third kappa shape index (κ3) is 3.80. The number of nitrogens with one attached hydrogen (secondary N) is 1. The highest BCUT2D eigenvalue weighted by molar-refractivity contribution is 6.30. The second-order valence-corrected chi connectivity index (χ2v) is 6.28. The molecule has 0 radical (unpaired) electrons. The van der Waals surface area contributed by atoms with E-state index >= 15 is 0 Å². The summed E-state index contributed by atoms with van der Waals surface area (Å²) in [4.78, 5) is 3.87. The van der Waals surface area contributed by atoms with Gasteiger partial charge in [-0.1, -0.05) is 41.9 Å². The van der Waals surface area contributed by atoms with E-state index in [1.54, 1.807) is 0 Å². The minimum Gasteiger partial charge on any atom is -0.382 e. The zero-order valence-electron chi connectivity index (χ0n) is 12.6. The van der Waals surface area contributed by atoms with Crippen LogP contribution in [0.2, 0.25) is 5.02 Å². The smallest absolute Gasteiger partial charge is 0.128 e. The average molecular weight is 318 g/mol. The Labute approximate surface area is 136 Å². The maximum absolute atomic E-state index is 10.4. The van der Waals surface area contributed by atoms with Crippen molar-refractivity contribution in [3.8, 4) is 0 Å². The Bertz CT molecular complexity index is 580. The van der Waals surface area contributed by atoms with E-state index in [2.05, 4.69) is 29.2 Å². The first-order chi connectivity index (χ1) is 10.7. The number of para-hydroxylation sites is 1. The monoisotopic (exact) mass is 317 g/mol. The molecule has 0 amide bonds. The van der Waals surface area contributed by atoms with Crippen molar-refractivity contribution in [1.82, 2.24) is 0 Å². The lowest BCUT2D eigenvalue weighted by Gasteiger charge is -2.34. The summed E-state index contributed by atoms with van der Waals surface area (Å²) in [5.41, 5.74) is 2.24. The summed E-state index contributed by atoms with van der Waals surface area (Å²) in [5, 5.41) is 11.1. The molecule has 0 unspecified atom stereocenters. The van der Waals surface area contributed by atoms with E-state index in [0.29, 0.717) is 5.02 Å². The summed E-state index contributed by atoms with van der Waals surface area (Å²) in [6.45, 7) is 4.93. The van der Waals surface area contributed by atoms with Crippen LogP contribution in [0.15, 0.2) is 54.6 Å². The van der Waals surface area contributed by atoms with Crippen LogP contribution in [0.4, 0.5) is 5.69 Å². The van der Waals surface area contributed by atoms with Crippen LogP contribution in [0.1, 0.15) is 11.7 Å². The van der Waals surface area contributed by atoms with E-state index in [1.165, 1.54) is 10.6 Å². The molecule has 0 saturated carbocycles. The highest BCUT2D eigenvalue weighted by Crippen LogP contribution is 2.16. The third-order valence-corrected chi connectivity index (χ3v) is 4.58. The van der Waals surface area contributed by atoms with Gasteiger partial charge in [0.2, 0.25) is 0 Å². The van der Waals surface area contributed by atoms with Crippen molar-refractivity contribution >= 4 is 17.3 Å². The Balaban J connectivity index is 1.52. The van der Waals surface area contributed by atoms with Gasteiger partial charge in [-0.15, -0.1) is 0 Å². The highest BCUT2D eigenvalue weighted by Gasteiger charge is 2.23. The van der Waals surface area contributed by atoms with E-state index < -0.39 is 6.10 Å². The average Bonchev–Trinajstić information content (AvgIpc) is 2.57. The molecule has 1 aliphatic heterocycles. The predicted molar refractivity (Wildman–Crippen MR) is 90.6 cm³/mol. The molecule has 2 aromatic carbocycles. The van der Waals surface area contributed by atoms with Crippen LogP contribution in [-0.2, 0) is 0 Å². The van der Waals surface area contributed by atoms with Gasteiger partial charge in [-0.3, -0.25) is 0 Å². The summed E-state index contributed by atoms with van der Waals surface area (Å²) >= 11 is 5.89. The van der Waals surface area contributed by atoms with Gasteiger partial charge >= 0.3 is 0 Å². The Morgan fingerprint density at radius 1 is 1.00 bits per heavy atom. The molecule has 1 fully saturated rings. The lowest BCUT2D eigenvalue weighted by atomic mass is 10.1. The molecular weight excluding hydrogens is 296 g/mol. The molecule has 1 aliphatic rings. The normalized spacial score (nSPS) is 17.5. The molecule has 3 nitrogen and oxygen atoms in total. The quantitative estimate of drug-likeness (QED) is 0.899. The van der Waals surface area contributed by atoms with E-state index in [-0.39, 0.29) is 0 Å². The van der Waals surface area contributed by atoms with Crippen LogP contribution in [0, 0.1) is 0 Å². The Kier molecular flexibility index (Phi) is 4.98. The number of aliphatic hydroxyl groups is 1. The maximum atomic E-state index is 10.4. The van der Waals surface area contributed by atoms with Crippen LogP contribution in [-0.4, -0.2) is 37.8 Å². The van der Waals surface area contributed by atoms with Gasteiger partial charge in [0.1, 0.15) is 12.6 Å². The minimum atomic E-state index is -0.421. The first-order valence-corrected chi connectivity index (χ1v) is 8.17. The lowest BCUT2D eigenvalue weighted by Crippen LogP contribution is -3.15. The summed E-state index contributed by atoms with van der Waals surface area (Å²) in [6, 6.07) is 18.0. The molecule has 2 aromatic rings. The van der Waals surface area contributed by atoms with Crippen LogP contribution in [0.3, 0.4) is 0 Å². The summed E-state index contributed by atoms with van der Waals surface area (Å²) < 4.78 is 0. The standard InChI is InChI=1S/C18H21ClN2O/c19-16-8-6-15(7-9-16)18(22)14-20-10-12-21(13-11-20)17-4-2-1-3-5-17/h1-9,18,22H,10-14H2/p+1/t18-/m0/s1. The fourth-order valence-electron chi connectivity index (χ4n) is 3.00. The van der Waals surface area contributed by atoms with E-state index in [4.69, 9.17) is 11.6 Å². The van der Waals surface area contributed by atoms with Gasteiger partial charge in [-0.2, -0.15) is 0 Å². The highest BCUT2D eigenvalue weighted by atomic mass is 35.5. The molecule has 116 valence electrons. The number of hydrogen-bond donors (Lipinski definition) is 2. The Morgan fingerprint density at radius 2 is 1.64 bits per heavy atom. The molecule has 22 heavy (non-hydrogen) atoms. The van der Waals surface area contributed by atoms with Crippen molar-refractivity contribution in [3.05, 3.63) is 65.2 Å². The Hall–Kier alpha value is -1.55. The molecule has 3 rings (SSSR count). The van der Waals surface area contributed by atoms with Gasteiger partial charge in [0.05, 0.1) is 26.2 Å². The number of aliphatic hydroxyl groups excluding tert-OH is 1. The fraction of sp³-hybridized carbons (Fsp3) is 0.333. The number of hydrogen-bond acceptors (Lipinski definition) is 2. The zero-order valence-corrected chi connectivity index (χ0v) is 13.3. The van der Waals surface area contributed by atoms with Gasteiger partial charge in [0, 0.05) is 10.7 Å². The first-order valence-electron chi connectivity index (χ1n) is 7.79. The van der Waals surface area contributed by atoms with Crippen LogP contribution >= 0.6 is 11.6 Å². The van der Waals surface area contributed by atoms with E-state index in [1.807, 2.05) is 30.3 Å². The fourth-order valence-corrected chi connectivity index (χ4v) is 3.13. The van der Waals surface area contributed by atoms with Gasteiger partial charge in [0.15, 0.2) is 0 Å². The molecule has 1 heterocycles. The molecule has 2 N–H and O–H groups in total. The molecule has 0 spiro atoms. The maximum Gasteiger partial charge on any atom is 0.128 e. The third-order valence-electron chi connectivity index (χ3n) is 4.33. The van der Waals surface area contributed by atoms with E-state index in [0.717, 1.165) is 38.3 Å². The molecule has 4 heteroatoms. The van der Waals surface area contributed by atoms with Gasteiger partial charge in [-0.25, -0.2) is 0 Å². The van der Waals surface area contributed by atoms with Gasteiger partial charge < -0.3 is 14.9 Å². The minimum absolute atomic E-state index is 0.421. The van der Waals surface area contributed by atoms with Crippen molar-refractivity contribution < 1.29 is 10.0 Å². The van der Waals surface area contributed by atoms with Crippen molar-refractivity contribution in [2.45, 2.75) is 6.10 Å². The van der Waals surface area contributed by atoms with Crippen molar-refractivity contribution in [2.24, 2.45) is 0 Å². The molecule has 1 saturated heterocycles. The summed E-state index contributed by atoms with van der Waals surface area (Å²) in [5.74, 6) is 0. The largest absolute Gasteiger partial charge is 0.382 e. The van der Waals surface area contributed by atoms with Crippen molar-refractivity contribution in [3.63, 3.8) is 0 Å². The topological polar surface area (TPSA) is 27.9 Å². The zero-order chi connectivity index (χ0) is 15.4. The van der Waals surface area contributed by atoms with Crippen molar-refractivity contribution in [1.29, 1.82) is 0 Å². The lowest BCUT2D eigenvalue weighted by molar-refractivity contribution is -0.904. The van der Waals surface area contributed by atoms with Gasteiger partial charge in [-0.05, 0) is 29.8 Å². The van der Waals surface area contributed by atoms with E-state index in [9.17, 15) is 5.11 Å². The summed E-state index contributed by atoms with van der Waals surface area (Å²) in [7, 11) is 0. The SMILES string of the molecule is O[C@@H](C[NH+]1CCN(c2ccccc2)CC1)c1ccc(Cl)cc1. The molecule has 0 bridgehead atoms. The summed E-state index contributed by atoms with van der Waals surface area (Å²) in [6.07, 6.45) is -0.421. The second-order valence-electron chi connectivity index (χ2n) is 5.84. The van der Waals surface area contributed by atoms with Crippen LogP contribution < -0.4 is 9.80 Å². The number of nitrogens with zero attached hydrogens (tertiary/aromatic N) is 1. The number of anilines is 1. The van der Waals surface area contributed by atoms with Gasteiger partial charge in [0.25, 0.3) is 0 Å². The van der Waals surface area contributed by atoms with Crippen LogP contribution in [0.25, 0.3) is 0 Å². The predicted octanol–water partition coefficient (Wildman–Crippen LogP) is 1.78. The number of benzene rings is 2. The molecule has 1 atom stereocenters. The molecule has 0 aromatic heterocycles. The van der Waals surface area contributed by atoms with Crippen molar-refractivity contribution in [2.75, 3.05) is 37.6 Å². The number of rotatable bonds is 4.